The molecule has 3 heterocycles. The van der Waals surface area contributed by atoms with Crippen LogP contribution in [0.15, 0.2) is 58.5 Å². The third-order valence-electron chi connectivity index (χ3n) is 5.12. The van der Waals surface area contributed by atoms with Gasteiger partial charge < -0.3 is 4.52 Å². The fraction of sp³-hybridized carbons (Fsp3) is 0.318. The maximum absolute atomic E-state index is 5.48. The maximum Gasteiger partial charge on any atom is 0.237 e. The van der Waals surface area contributed by atoms with Crippen molar-refractivity contribution in [3.63, 3.8) is 0 Å². The van der Waals surface area contributed by atoms with E-state index in [-0.39, 0.29) is 0 Å². The molecule has 8 heteroatoms. The van der Waals surface area contributed by atoms with Gasteiger partial charge in [0.2, 0.25) is 11.7 Å². The summed E-state index contributed by atoms with van der Waals surface area (Å²) in [5, 5.41) is 13.9. The second-order valence-corrected chi connectivity index (χ2v) is 8.67. The third kappa shape index (κ3) is 3.87. The molecule has 30 heavy (non-hydrogen) atoms. The molecule has 0 atom stereocenters. The zero-order chi connectivity index (χ0) is 20.5. The number of thioether (sulfide) groups is 1. The number of pyridine rings is 1. The Bertz CT molecular complexity index is 1130. The molecule has 0 radical (unpaired) electrons. The summed E-state index contributed by atoms with van der Waals surface area (Å²) in [5.41, 5.74) is 3.23. The van der Waals surface area contributed by atoms with Crippen LogP contribution in [0.3, 0.4) is 0 Å². The smallest absolute Gasteiger partial charge is 0.237 e. The van der Waals surface area contributed by atoms with E-state index in [9.17, 15) is 0 Å². The van der Waals surface area contributed by atoms with Crippen molar-refractivity contribution in [2.45, 2.75) is 49.6 Å². The Morgan fingerprint density at radius 2 is 1.93 bits per heavy atom. The van der Waals surface area contributed by atoms with Crippen molar-refractivity contribution < 1.29 is 4.52 Å². The van der Waals surface area contributed by atoms with Crippen LogP contribution in [0.2, 0.25) is 0 Å². The van der Waals surface area contributed by atoms with Gasteiger partial charge in [-0.05, 0) is 36.5 Å². The number of hydrogen-bond acceptors (Lipinski definition) is 7. The van der Waals surface area contributed by atoms with Crippen LogP contribution in [-0.4, -0.2) is 29.9 Å². The Morgan fingerprint density at radius 3 is 2.63 bits per heavy atom. The standard InChI is InChI=1S/C22H22N6OS/c1-14(2)15-5-7-16(8-6-15)20-24-19(29-27-20)13-30-22-26-25-21(28(22)18-9-10-18)17-4-3-11-23-12-17/h3-8,11-12,14,18H,9-10,13H2,1-2H3. The minimum atomic E-state index is 0.454. The lowest BCUT2D eigenvalue weighted by Gasteiger charge is -2.07. The molecule has 1 aromatic carbocycles. The zero-order valence-corrected chi connectivity index (χ0v) is 17.7. The van der Waals surface area contributed by atoms with E-state index in [1.165, 1.54) is 5.56 Å². The van der Waals surface area contributed by atoms with E-state index in [2.05, 4.69) is 55.9 Å². The second kappa shape index (κ2) is 8.02. The molecule has 5 rings (SSSR count). The largest absolute Gasteiger partial charge is 0.338 e. The zero-order valence-electron chi connectivity index (χ0n) is 16.9. The minimum Gasteiger partial charge on any atom is -0.338 e. The van der Waals surface area contributed by atoms with E-state index in [0.717, 1.165) is 34.9 Å². The van der Waals surface area contributed by atoms with Gasteiger partial charge in [-0.1, -0.05) is 55.0 Å². The molecule has 0 amide bonds. The number of rotatable bonds is 7. The van der Waals surface area contributed by atoms with Crippen molar-refractivity contribution in [2.75, 3.05) is 0 Å². The monoisotopic (exact) mass is 418 g/mol. The minimum absolute atomic E-state index is 0.454. The summed E-state index contributed by atoms with van der Waals surface area (Å²) in [6, 6.07) is 12.7. The van der Waals surface area contributed by atoms with E-state index in [4.69, 9.17) is 4.52 Å². The van der Waals surface area contributed by atoms with Crippen molar-refractivity contribution in [3.05, 3.63) is 60.2 Å². The van der Waals surface area contributed by atoms with Crippen molar-refractivity contribution in [1.29, 1.82) is 0 Å². The highest BCUT2D eigenvalue weighted by Crippen LogP contribution is 2.41. The Balaban J connectivity index is 1.32. The van der Waals surface area contributed by atoms with Gasteiger partial charge in [0.25, 0.3) is 0 Å². The highest BCUT2D eigenvalue weighted by Gasteiger charge is 2.30. The summed E-state index contributed by atoms with van der Waals surface area (Å²) >= 11 is 1.57. The van der Waals surface area contributed by atoms with Gasteiger partial charge in [0.05, 0.1) is 5.75 Å². The molecule has 1 fully saturated rings. The molecule has 0 aliphatic heterocycles. The first-order valence-corrected chi connectivity index (χ1v) is 11.1. The summed E-state index contributed by atoms with van der Waals surface area (Å²) in [6.07, 6.45) is 5.89. The van der Waals surface area contributed by atoms with Gasteiger partial charge in [0.15, 0.2) is 11.0 Å². The number of nitrogens with zero attached hydrogens (tertiary/aromatic N) is 6. The Morgan fingerprint density at radius 1 is 1.10 bits per heavy atom. The van der Waals surface area contributed by atoms with E-state index in [0.29, 0.717) is 29.4 Å². The predicted octanol–water partition coefficient (Wildman–Crippen LogP) is 5.14. The number of benzene rings is 1. The van der Waals surface area contributed by atoms with Crippen LogP contribution < -0.4 is 0 Å². The van der Waals surface area contributed by atoms with Crippen molar-refractivity contribution in [2.24, 2.45) is 0 Å². The molecular formula is C22H22N6OS. The van der Waals surface area contributed by atoms with Crippen molar-refractivity contribution in [1.82, 2.24) is 29.9 Å². The molecule has 3 aromatic heterocycles. The first-order valence-electron chi connectivity index (χ1n) is 10.1. The molecule has 152 valence electrons. The predicted molar refractivity (Wildman–Crippen MR) is 115 cm³/mol. The molecule has 4 aromatic rings. The Labute approximate surface area is 179 Å². The molecule has 1 aliphatic carbocycles. The second-order valence-electron chi connectivity index (χ2n) is 7.73. The van der Waals surface area contributed by atoms with Crippen LogP contribution in [0.25, 0.3) is 22.8 Å². The molecule has 0 bridgehead atoms. The lowest BCUT2D eigenvalue weighted by atomic mass is 10.0. The lowest BCUT2D eigenvalue weighted by Crippen LogP contribution is -2.00. The van der Waals surface area contributed by atoms with E-state index >= 15 is 0 Å². The number of aromatic nitrogens is 6. The molecular weight excluding hydrogens is 396 g/mol. The normalized spacial score (nSPS) is 13.8. The van der Waals surface area contributed by atoms with Gasteiger partial charge in [0.1, 0.15) is 0 Å². The van der Waals surface area contributed by atoms with Crippen LogP contribution >= 0.6 is 11.8 Å². The molecule has 1 aliphatic rings. The molecule has 1 saturated carbocycles. The van der Waals surface area contributed by atoms with Crippen molar-refractivity contribution >= 4 is 11.8 Å². The van der Waals surface area contributed by atoms with Gasteiger partial charge >= 0.3 is 0 Å². The van der Waals surface area contributed by atoms with Gasteiger partial charge in [-0.3, -0.25) is 9.55 Å². The third-order valence-corrected chi connectivity index (χ3v) is 6.05. The fourth-order valence-electron chi connectivity index (χ4n) is 3.30. The fourth-order valence-corrected chi connectivity index (χ4v) is 4.15. The van der Waals surface area contributed by atoms with Gasteiger partial charge in [-0.25, -0.2) is 0 Å². The van der Waals surface area contributed by atoms with Crippen LogP contribution in [0, 0.1) is 0 Å². The average molecular weight is 419 g/mol. The average Bonchev–Trinajstić information content (AvgIpc) is 3.34. The topological polar surface area (TPSA) is 82.5 Å². The van der Waals surface area contributed by atoms with Gasteiger partial charge in [-0.2, -0.15) is 4.98 Å². The summed E-state index contributed by atoms with van der Waals surface area (Å²) in [5.74, 6) is 3.10. The highest BCUT2D eigenvalue weighted by atomic mass is 32.2. The van der Waals surface area contributed by atoms with Crippen LogP contribution in [-0.2, 0) is 5.75 Å². The van der Waals surface area contributed by atoms with Gasteiger partial charge in [0, 0.05) is 29.6 Å². The summed E-state index contributed by atoms with van der Waals surface area (Å²) in [6.45, 7) is 4.36. The first kappa shape index (κ1) is 19.0. The SMILES string of the molecule is CC(C)c1ccc(-c2noc(CSc3nnc(-c4cccnc4)n3C3CC3)n2)cc1. The van der Waals surface area contributed by atoms with Crippen LogP contribution in [0.1, 0.15) is 50.1 Å². The van der Waals surface area contributed by atoms with E-state index < -0.39 is 0 Å². The molecule has 0 unspecified atom stereocenters. The summed E-state index contributed by atoms with van der Waals surface area (Å²) < 4.78 is 7.69. The molecule has 7 nitrogen and oxygen atoms in total. The maximum atomic E-state index is 5.48. The first-order chi connectivity index (χ1) is 14.7. The molecule has 0 N–H and O–H groups in total. The van der Waals surface area contributed by atoms with Crippen molar-refractivity contribution in [3.8, 4) is 22.8 Å². The highest BCUT2D eigenvalue weighted by molar-refractivity contribution is 7.98. The summed E-state index contributed by atoms with van der Waals surface area (Å²) in [7, 11) is 0. The van der Waals surface area contributed by atoms with Crippen LogP contribution in [0.4, 0.5) is 0 Å². The number of hydrogen-bond donors (Lipinski definition) is 0. The quantitative estimate of drug-likeness (QED) is 0.384. The van der Waals surface area contributed by atoms with E-state index in [1.54, 1.807) is 18.0 Å². The Kier molecular flexibility index (Phi) is 5.08. The van der Waals surface area contributed by atoms with Crippen LogP contribution in [0.5, 0.6) is 0 Å². The van der Waals surface area contributed by atoms with Gasteiger partial charge in [-0.15, -0.1) is 10.2 Å². The molecule has 0 saturated heterocycles. The lowest BCUT2D eigenvalue weighted by molar-refractivity contribution is 0.391. The molecule has 0 spiro atoms. The summed E-state index contributed by atoms with van der Waals surface area (Å²) in [4.78, 5) is 8.77. The van der Waals surface area contributed by atoms with E-state index in [1.807, 2.05) is 30.5 Å². The Hall–Kier alpha value is -3.00.